The highest BCUT2D eigenvalue weighted by Gasteiger charge is 2.27. The van der Waals surface area contributed by atoms with Gasteiger partial charge >= 0.3 is 0 Å². The molecule has 1 atom stereocenters. The van der Waals surface area contributed by atoms with Crippen LogP contribution in [0.1, 0.15) is 51.6 Å². The third-order valence-corrected chi connectivity index (χ3v) is 3.19. The summed E-state index contributed by atoms with van der Waals surface area (Å²) in [5, 5.41) is 11.7. The number of aliphatic hydroxyl groups is 1. The number of nitrogens with one attached hydrogen (secondary N) is 1. The topological polar surface area (TPSA) is 49.3 Å². The second kappa shape index (κ2) is 7.39. The molecule has 0 saturated carbocycles. The number of halogens is 1. The smallest absolute Gasteiger partial charge is 0.220 e. The van der Waals surface area contributed by atoms with Gasteiger partial charge in [0.25, 0.3) is 0 Å². The number of hydrogen-bond donors (Lipinski definition) is 2. The minimum atomic E-state index is -0.282. The molecule has 2 N–H and O–H groups in total. The Labute approximate surface area is 120 Å². The molecule has 0 aliphatic rings. The van der Waals surface area contributed by atoms with Crippen molar-refractivity contribution in [2.24, 2.45) is 5.41 Å². The molecule has 1 rings (SSSR count). The van der Waals surface area contributed by atoms with Crippen LogP contribution < -0.4 is 5.32 Å². The molecule has 3 nitrogen and oxygen atoms in total. The molecule has 0 bridgehead atoms. The minimum absolute atomic E-state index is 0.0392. The van der Waals surface area contributed by atoms with E-state index >= 15 is 0 Å². The van der Waals surface area contributed by atoms with Gasteiger partial charge in [-0.15, -0.1) is 0 Å². The van der Waals surface area contributed by atoms with Crippen molar-refractivity contribution in [3.8, 4) is 0 Å². The molecule has 0 aromatic heterocycles. The summed E-state index contributed by atoms with van der Waals surface area (Å²) in [4.78, 5) is 11.9. The molecular weight excluding hydrogens is 257 g/mol. The van der Waals surface area contributed by atoms with Crippen LogP contribution in [-0.2, 0) is 4.79 Å². The van der Waals surface area contributed by atoms with Crippen molar-refractivity contribution in [2.75, 3.05) is 6.61 Å². The maximum atomic E-state index is 13.0. The Morgan fingerprint density at radius 3 is 2.35 bits per heavy atom. The molecule has 0 radical (unpaired) electrons. The van der Waals surface area contributed by atoms with Crippen LogP contribution in [0.3, 0.4) is 0 Å². The predicted octanol–water partition coefficient (Wildman–Crippen LogP) is 3.19. The number of hydrogen-bond acceptors (Lipinski definition) is 2. The Balaban J connectivity index is 2.76. The molecule has 1 aromatic rings. The first-order valence-electron chi connectivity index (χ1n) is 7.00. The molecule has 1 unspecified atom stereocenters. The molecule has 0 aliphatic heterocycles. The second-order valence-corrected chi connectivity index (χ2v) is 6.10. The number of rotatable bonds is 6. The van der Waals surface area contributed by atoms with Crippen LogP contribution in [0.5, 0.6) is 0 Å². The average molecular weight is 281 g/mol. The number of unbranched alkanes of at least 4 members (excludes halogenated alkanes) is 1. The van der Waals surface area contributed by atoms with E-state index in [1.54, 1.807) is 12.1 Å². The van der Waals surface area contributed by atoms with Gasteiger partial charge in [-0.3, -0.25) is 4.79 Å². The van der Waals surface area contributed by atoms with Crippen LogP contribution in [0, 0.1) is 11.2 Å². The van der Waals surface area contributed by atoms with E-state index < -0.39 is 0 Å². The zero-order valence-corrected chi connectivity index (χ0v) is 12.4. The first-order chi connectivity index (χ1) is 9.34. The zero-order chi connectivity index (χ0) is 15.2. The van der Waals surface area contributed by atoms with E-state index in [0.29, 0.717) is 19.3 Å². The lowest BCUT2D eigenvalue weighted by atomic mass is 9.82. The monoisotopic (exact) mass is 281 g/mol. The molecule has 112 valence electrons. The molecule has 0 spiro atoms. The number of aliphatic hydroxyl groups excluding tert-OH is 1. The fourth-order valence-electron chi connectivity index (χ4n) is 2.09. The SMILES string of the molecule is CC(C)(C)C(NC(=O)CCCCO)c1ccc(F)cc1. The molecular formula is C16H24FNO2. The largest absolute Gasteiger partial charge is 0.396 e. The van der Waals surface area contributed by atoms with Gasteiger partial charge in [-0.25, -0.2) is 4.39 Å². The summed E-state index contributed by atoms with van der Waals surface area (Å²) in [5.74, 6) is -0.321. The Hall–Kier alpha value is -1.42. The van der Waals surface area contributed by atoms with E-state index in [4.69, 9.17) is 5.11 Å². The summed E-state index contributed by atoms with van der Waals surface area (Å²) in [6, 6.07) is 6.07. The third kappa shape index (κ3) is 5.29. The Morgan fingerprint density at radius 2 is 1.85 bits per heavy atom. The third-order valence-electron chi connectivity index (χ3n) is 3.19. The van der Waals surface area contributed by atoms with E-state index in [2.05, 4.69) is 5.32 Å². The van der Waals surface area contributed by atoms with Gasteiger partial charge in [0, 0.05) is 13.0 Å². The molecule has 20 heavy (non-hydrogen) atoms. The first-order valence-corrected chi connectivity index (χ1v) is 7.00. The Morgan fingerprint density at radius 1 is 1.25 bits per heavy atom. The van der Waals surface area contributed by atoms with Crippen LogP contribution in [0.4, 0.5) is 4.39 Å². The normalized spacial score (nSPS) is 13.1. The number of amides is 1. The molecule has 0 saturated heterocycles. The van der Waals surface area contributed by atoms with Crippen LogP contribution >= 0.6 is 0 Å². The van der Waals surface area contributed by atoms with Gasteiger partial charge in [0.1, 0.15) is 5.82 Å². The van der Waals surface area contributed by atoms with Gasteiger partial charge in [-0.05, 0) is 36.0 Å². The zero-order valence-electron chi connectivity index (χ0n) is 12.4. The molecule has 4 heteroatoms. The van der Waals surface area contributed by atoms with Gasteiger partial charge in [0.05, 0.1) is 6.04 Å². The first kappa shape index (κ1) is 16.6. The predicted molar refractivity (Wildman–Crippen MR) is 77.7 cm³/mol. The number of benzene rings is 1. The standard InChI is InChI=1S/C16H24FNO2/c1-16(2,3)15(12-7-9-13(17)10-8-12)18-14(20)6-4-5-11-19/h7-10,15,19H,4-6,11H2,1-3H3,(H,18,20). The maximum Gasteiger partial charge on any atom is 0.220 e. The van der Waals surface area contributed by atoms with Crippen molar-refractivity contribution in [2.45, 2.75) is 46.1 Å². The Kier molecular flexibility index (Phi) is 6.14. The summed E-state index contributed by atoms with van der Waals surface area (Å²) >= 11 is 0. The van der Waals surface area contributed by atoms with Gasteiger partial charge in [0.15, 0.2) is 0 Å². The lowest BCUT2D eigenvalue weighted by Crippen LogP contribution is -2.36. The highest BCUT2D eigenvalue weighted by Crippen LogP contribution is 2.32. The fourth-order valence-corrected chi connectivity index (χ4v) is 2.09. The molecule has 1 aromatic carbocycles. The Bertz CT molecular complexity index is 423. The second-order valence-electron chi connectivity index (χ2n) is 6.10. The van der Waals surface area contributed by atoms with Crippen LogP contribution in [0.25, 0.3) is 0 Å². The van der Waals surface area contributed by atoms with E-state index in [-0.39, 0.29) is 29.8 Å². The summed E-state index contributed by atoms with van der Waals surface area (Å²) in [5.41, 5.74) is 0.735. The molecule has 0 aliphatic carbocycles. The van der Waals surface area contributed by atoms with Crippen LogP contribution in [-0.4, -0.2) is 17.6 Å². The quantitative estimate of drug-likeness (QED) is 0.787. The number of carbonyl (C=O) groups is 1. The van der Waals surface area contributed by atoms with Crippen molar-refractivity contribution in [3.05, 3.63) is 35.6 Å². The van der Waals surface area contributed by atoms with Crippen molar-refractivity contribution < 1.29 is 14.3 Å². The van der Waals surface area contributed by atoms with E-state index in [9.17, 15) is 9.18 Å². The molecule has 1 amide bonds. The molecule has 0 fully saturated rings. The van der Waals surface area contributed by atoms with Crippen molar-refractivity contribution >= 4 is 5.91 Å². The minimum Gasteiger partial charge on any atom is -0.396 e. The summed E-state index contributed by atoms with van der Waals surface area (Å²) in [6.07, 6.45) is 1.70. The summed E-state index contributed by atoms with van der Waals surface area (Å²) in [6.45, 7) is 6.22. The van der Waals surface area contributed by atoms with Crippen molar-refractivity contribution in [1.29, 1.82) is 0 Å². The van der Waals surface area contributed by atoms with E-state index in [0.717, 1.165) is 5.56 Å². The van der Waals surface area contributed by atoms with Gasteiger partial charge in [-0.1, -0.05) is 32.9 Å². The van der Waals surface area contributed by atoms with Gasteiger partial charge in [-0.2, -0.15) is 0 Å². The van der Waals surface area contributed by atoms with Gasteiger partial charge < -0.3 is 10.4 Å². The fraction of sp³-hybridized carbons (Fsp3) is 0.562. The van der Waals surface area contributed by atoms with Gasteiger partial charge in [0.2, 0.25) is 5.91 Å². The van der Waals surface area contributed by atoms with Crippen LogP contribution in [0.2, 0.25) is 0 Å². The highest BCUT2D eigenvalue weighted by molar-refractivity contribution is 5.76. The lowest BCUT2D eigenvalue weighted by Gasteiger charge is -2.32. The van der Waals surface area contributed by atoms with Crippen LogP contribution in [0.15, 0.2) is 24.3 Å². The molecule has 0 heterocycles. The summed E-state index contributed by atoms with van der Waals surface area (Å²) < 4.78 is 13.0. The lowest BCUT2D eigenvalue weighted by molar-refractivity contribution is -0.122. The van der Waals surface area contributed by atoms with Crippen molar-refractivity contribution in [3.63, 3.8) is 0 Å². The average Bonchev–Trinajstić information content (AvgIpc) is 2.36. The summed E-state index contributed by atoms with van der Waals surface area (Å²) in [7, 11) is 0. The van der Waals surface area contributed by atoms with E-state index in [1.165, 1.54) is 12.1 Å². The van der Waals surface area contributed by atoms with Crippen molar-refractivity contribution in [1.82, 2.24) is 5.32 Å². The highest BCUT2D eigenvalue weighted by atomic mass is 19.1. The maximum absolute atomic E-state index is 13.0. The number of carbonyl (C=O) groups excluding carboxylic acids is 1. The van der Waals surface area contributed by atoms with E-state index in [1.807, 2.05) is 20.8 Å².